The van der Waals surface area contributed by atoms with Gasteiger partial charge in [-0.2, -0.15) is 0 Å². The SMILES string of the molecule is CCCOCCOCC(NC)C1CCCCC1. The molecule has 0 aromatic rings. The van der Waals surface area contributed by atoms with Gasteiger partial charge in [-0.1, -0.05) is 26.2 Å². The van der Waals surface area contributed by atoms with Crippen molar-refractivity contribution in [2.75, 3.05) is 33.5 Å². The Labute approximate surface area is 106 Å². The molecule has 1 fully saturated rings. The van der Waals surface area contributed by atoms with E-state index in [-0.39, 0.29) is 0 Å². The Kier molecular flexibility index (Phi) is 8.67. The van der Waals surface area contributed by atoms with E-state index in [2.05, 4.69) is 19.3 Å². The van der Waals surface area contributed by atoms with Gasteiger partial charge < -0.3 is 14.8 Å². The summed E-state index contributed by atoms with van der Waals surface area (Å²) in [4.78, 5) is 0. The summed E-state index contributed by atoms with van der Waals surface area (Å²) in [6.45, 7) is 5.26. The summed E-state index contributed by atoms with van der Waals surface area (Å²) in [6.07, 6.45) is 8.01. The first-order chi connectivity index (χ1) is 8.38. The highest BCUT2D eigenvalue weighted by Gasteiger charge is 2.22. The fourth-order valence-electron chi connectivity index (χ4n) is 2.57. The minimum atomic E-state index is 0.529. The van der Waals surface area contributed by atoms with E-state index in [1.54, 1.807) is 0 Å². The van der Waals surface area contributed by atoms with Crippen molar-refractivity contribution in [2.45, 2.75) is 51.5 Å². The van der Waals surface area contributed by atoms with Gasteiger partial charge in [0.15, 0.2) is 0 Å². The quantitative estimate of drug-likeness (QED) is 0.631. The number of ether oxygens (including phenoxy) is 2. The first kappa shape index (κ1) is 14.9. The molecule has 17 heavy (non-hydrogen) atoms. The van der Waals surface area contributed by atoms with Crippen LogP contribution < -0.4 is 5.32 Å². The molecule has 0 bridgehead atoms. The Morgan fingerprint density at radius 1 is 1.06 bits per heavy atom. The van der Waals surface area contributed by atoms with Gasteiger partial charge in [0.1, 0.15) is 0 Å². The highest BCUT2D eigenvalue weighted by Crippen LogP contribution is 2.26. The molecule has 1 rings (SSSR count). The van der Waals surface area contributed by atoms with Gasteiger partial charge in [-0.3, -0.25) is 0 Å². The second-order valence-corrected chi connectivity index (χ2v) is 4.98. The molecule has 1 aliphatic carbocycles. The van der Waals surface area contributed by atoms with Crippen LogP contribution in [0.5, 0.6) is 0 Å². The Morgan fingerprint density at radius 2 is 1.76 bits per heavy atom. The number of likely N-dealkylation sites (N-methyl/N-ethyl adjacent to an activating group) is 1. The van der Waals surface area contributed by atoms with E-state index in [0.29, 0.717) is 6.04 Å². The second-order valence-electron chi connectivity index (χ2n) is 4.98. The Hall–Kier alpha value is -0.120. The topological polar surface area (TPSA) is 30.5 Å². The van der Waals surface area contributed by atoms with E-state index in [4.69, 9.17) is 9.47 Å². The summed E-state index contributed by atoms with van der Waals surface area (Å²) in [5.41, 5.74) is 0. The molecule has 0 saturated heterocycles. The molecular formula is C14H29NO2. The monoisotopic (exact) mass is 243 g/mol. The lowest BCUT2D eigenvalue weighted by Gasteiger charge is -2.29. The van der Waals surface area contributed by atoms with E-state index < -0.39 is 0 Å². The number of nitrogens with one attached hydrogen (secondary N) is 1. The average molecular weight is 243 g/mol. The molecule has 0 radical (unpaired) electrons. The highest BCUT2D eigenvalue weighted by molar-refractivity contribution is 4.77. The molecular weight excluding hydrogens is 214 g/mol. The maximum absolute atomic E-state index is 5.70. The van der Waals surface area contributed by atoms with Crippen molar-refractivity contribution in [1.29, 1.82) is 0 Å². The van der Waals surface area contributed by atoms with E-state index in [1.807, 2.05) is 0 Å². The third-order valence-electron chi connectivity index (χ3n) is 3.61. The lowest BCUT2D eigenvalue weighted by atomic mass is 9.84. The largest absolute Gasteiger partial charge is 0.379 e. The minimum Gasteiger partial charge on any atom is -0.379 e. The predicted octanol–water partition coefficient (Wildman–Crippen LogP) is 2.60. The molecule has 0 amide bonds. The Balaban J connectivity index is 2.05. The van der Waals surface area contributed by atoms with Gasteiger partial charge in [0.25, 0.3) is 0 Å². The summed E-state index contributed by atoms with van der Waals surface area (Å²) >= 11 is 0. The lowest BCUT2D eigenvalue weighted by Crippen LogP contribution is -2.39. The van der Waals surface area contributed by atoms with Crippen LogP contribution >= 0.6 is 0 Å². The molecule has 1 aliphatic rings. The normalized spacial score (nSPS) is 19.4. The molecule has 1 unspecified atom stereocenters. The molecule has 0 aliphatic heterocycles. The van der Waals surface area contributed by atoms with Crippen LogP contribution in [0.2, 0.25) is 0 Å². The summed E-state index contributed by atoms with van der Waals surface area (Å²) in [5, 5.41) is 3.41. The predicted molar refractivity (Wildman–Crippen MR) is 71.4 cm³/mol. The highest BCUT2D eigenvalue weighted by atomic mass is 16.5. The zero-order valence-corrected chi connectivity index (χ0v) is 11.5. The molecule has 102 valence electrons. The second kappa shape index (κ2) is 9.86. The van der Waals surface area contributed by atoms with E-state index in [1.165, 1.54) is 32.1 Å². The zero-order valence-electron chi connectivity index (χ0n) is 11.5. The fraction of sp³-hybridized carbons (Fsp3) is 1.00. The molecule has 3 nitrogen and oxygen atoms in total. The van der Waals surface area contributed by atoms with Gasteiger partial charge in [-0.15, -0.1) is 0 Å². The molecule has 3 heteroatoms. The van der Waals surface area contributed by atoms with Crippen molar-refractivity contribution in [3.05, 3.63) is 0 Å². The molecule has 1 N–H and O–H groups in total. The fourth-order valence-corrected chi connectivity index (χ4v) is 2.57. The van der Waals surface area contributed by atoms with Gasteiger partial charge in [0.05, 0.1) is 19.8 Å². The van der Waals surface area contributed by atoms with E-state index >= 15 is 0 Å². The number of hydrogen-bond donors (Lipinski definition) is 1. The summed E-state index contributed by atoms with van der Waals surface area (Å²) in [6, 6.07) is 0.529. The first-order valence-corrected chi connectivity index (χ1v) is 7.21. The van der Waals surface area contributed by atoms with Crippen LogP contribution in [-0.4, -0.2) is 39.5 Å². The van der Waals surface area contributed by atoms with Crippen molar-refractivity contribution >= 4 is 0 Å². The van der Waals surface area contributed by atoms with Gasteiger partial charge >= 0.3 is 0 Å². The summed E-state index contributed by atoms with van der Waals surface area (Å²) in [5.74, 6) is 0.810. The van der Waals surface area contributed by atoms with Gasteiger partial charge in [0, 0.05) is 12.6 Å². The third-order valence-corrected chi connectivity index (χ3v) is 3.61. The zero-order chi connectivity index (χ0) is 12.3. The van der Waals surface area contributed by atoms with Crippen LogP contribution in [0.4, 0.5) is 0 Å². The van der Waals surface area contributed by atoms with Crippen LogP contribution in [0, 0.1) is 5.92 Å². The average Bonchev–Trinajstić information content (AvgIpc) is 2.39. The maximum atomic E-state index is 5.70. The van der Waals surface area contributed by atoms with Crippen LogP contribution in [0.3, 0.4) is 0 Å². The van der Waals surface area contributed by atoms with Crippen molar-refractivity contribution in [1.82, 2.24) is 5.32 Å². The maximum Gasteiger partial charge on any atom is 0.0701 e. The van der Waals surface area contributed by atoms with Crippen LogP contribution in [-0.2, 0) is 9.47 Å². The third kappa shape index (κ3) is 6.39. The van der Waals surface area contributed by atoms with Gasteiger partial charge in [-0.05, 0) is 32.2 Å². The molecule has 0 spiro atoms. The van der Waals surface area contributed by atoms with Crippen LogP contribution in [0.1, 0.15) is 45.4 Å². The standard InChI is InChI=1S/C14H29NO2/c1-3-9-16-10-11-17-12-14(15-2)13-7-5-4-6-8-13/h13-15H,3-12H2,1-2H3. The van der Waals surface area contributed by atoms with E-state index in [9.17, 15) is 0 Å². The minimum absolute atomic E-state index is 0.529. The van der Waals surface area contributed by atoms with E-state index in [0.717, 1.165) is 38.8 Å². The number of hydrogen-bond acceptors (Lipinski definition) is 3. The Bertz CT molecular complexity index is 170. The molecule has 1 saturated carbocycles. The van der Waals surface area contributed by atoms with Crippen molar-refractivity contribution in [2.24, 2.45) is 5.92 Å². The Morgan fingerprint density at radius 3 is 2.41 bits per heavy atom. The lowest BCUT2D eigenvalue weighted by molar-refractivity contribution is 0.0305. The van der Waals surface area contributed by atoms with Crippen LogP contribution in [0.25, 0.3) is 0 Å². The number of rotatable bonds is 9. The summed E-state index contributed by atoms with van der Waals surface area (Å²) < 4.78 is 11.1. The smallest absolute Gasteiger partial charge is 0.0701 e. The summed E-state index contributed by atoms with van der Waals surface area (Å²) in [7, 11) is 2.05. The van der Waals surface area contributed by atoms with Gasteiger partial charge in [-0.25, -0.2) is 0 Å². The molecule has 1 atom stereocenters. The molecule has 0 aromatic heterocycles. The van der Waals surface area contributed by atoms with Crippen molar-refractivity contribution in [3.8, 4) is 0 Å². The van der Waals surface area contributed by atoms with Crippen LogP contribution in [0.15, 0.2) is 0 Å². The molecule has 0 heterocycles. The molecule has 0 aromatic carbocycles. The van der Waals surface area contributed by atoms with Crippen molar-refractivity contribution < 1.29 is 9.47 Å². The van der Waals surface area contributed by atoms with Crippen molar-refractivity contribution in [3.63, 3.8) is 0 Å². The van der Waals surface area contributed by atoms with Gasteiger partial charge in [0.2, 0.25) is 0 Å². The first-order valence-electron chi connectivity index (χ1n) is 7.21.